The molecule has 0 spiro atoms. The molecule has 4 heteroatoms. The predicted molar refractivity (Wildman–Crippen MR) is 91.3 cm³/mol. The van der Waals surface area contributed by atoms with E-state index in [-0.39, 0.29) is 23.7 Å². The Hall–Kier alpha value is -1.84. The molecule has 0 bridgehead atoms. The van der Waals surface area contributed by atoms with Crippen LogP contribution in [0.25, 0.3) is 0 Å². The van der Waals surface area contributed by atoms with Crippen LogP contribution in [0.15, 0.2) is 24.3 Å². The second-order valence-corrected chi connectivity index (χ2v) is 6.64. The molecule has 1 saturated carbocycles. The van der Waals surface area contributed by atoms with E-state index < -0.39 is 0 Å². The van der Waals surface area contributed by atoms with Crippen LogP contribution in [0.5, 0.6) is 0 Å². The standard InChI is InChI=1S/C19H26N2O2/c1-3-10-20(11-4-2)18(22)15-13-16(15)19(23)21-12-9-14-7-5-6-8-17(14)21/h5-8,15-16H,3-4,9-13H2,1-2H3. The largest absolute Gasteiger partial charge is 0.342 e. The van der Waals surface area contributed by atoms with Crippen LogP contribution >= 0.6 is 0 Å². The summed E-state index contributed by atoms with van der Waals surface area (Å²) < 4.78 is 0. The highest BCUT2D eigenvalue weighted by atomic mass is 16.2. The molecule has 1 fully saturated rings. The van der Waals surface area contributed by atoms with E-state index in [4.69, 9.17) is 0 Å². The Morgan fingerprint density at radius 3 is 2.52 bits per heavy atom. The lowest BCUT2D eigenvalue weighted by atomic mass is 10.2. The fourth-order valence-corrected chi connectivity index (χ4v) is 3.61. The van der Waals surface area contributed by atoms with Crippen molar-refractivity contribution in [2.24, 2.45) is 11.8 Å². The molecule has 1 heterocycles. The van der Waals surface area contributed by atoms with Gasteiger partial charge in [0.1, 0.15) is 0 Å². The van der Waals surface area contributed by atoms with Gasteiger partial charge in [-0.25, -0.2) is 0 Å². The van der Waals surface area contributed by atoms with Gasteiger partial charge in [-0.2, -0.15) is 0 Å². The summed E-state index contributed by atoms with van der Waals surface area (Å²) in [5, 5.41) is 0. The number of benzene rings is 1. The second kappa shape index (κ2) is 6.73. The number of hydrogen-bond acceptors (Lipinski definition) is 2. The fourth-order valence-electron chi connectivity index (χ4n) is 3.61. The van der Waals surface area contributed by atoms with Crippen LogP contribution in [0.4, 0.5) is 5.69 Å². The lowest BCUT2D eigenvalue weighted by Crippen LogP contribution is -2.36. The maximum Gasteiger partial charge on any atom is 0.230 e. The van der Waals surface area contributed by atoms with E-state index in [9.17, 15) is 9.59 Å². The molecule has 2 unspecified atom stereocenters. The Labute approximate surface area is 138 Å². The van der Waals surface area contributed by atoms with Gasteiger partial charge in [-0.05, 0) is 37.3 Å². The molecule has 1 aliphatic carbocycles. The van der Waals surface area contributed by atoms with Crippen molar-refractivity contribution in [3.8, 4) is 0 Å². The maximum atomic E-state index is 12.8. The molecule has 2 aliphatic rings. The van der Waals surface area contributed by atoms with Crippen molar-refractivity contribution in [2.45, 2.75) is 39.5 Å². The molecule has 0 radical (unpaired) electrons. The average Bonchev–Trinajstić information content (AvgIpc) is 3.25. The minimum absolute atomic E-state index is 0.0895. The van der Waals surface area contributed by atoms with Crippen molar-refractivity contribution in [1.82, 2.24) is 4.90 Å². The zero-order chi connectivity index (χ0) is 16.4. The van der Waals surface area contributed by atoms with E-state index in [1.807, 2.05) is 28.0 Å². The molecule has 2 amide bonds. The molecule has 1 aliphatic heterocycles. The van der Waals surface area contributed by atoms with Crippen molar-refractivity contribution in [3.05, 3.63) is 29.8 Å². The summed E-state index contributed by atoms with van der Waals surface area (Å²) in [5.41, 5.74) is 2.28. The number of rotatable bonds is 6. The number of carbonyl (C=O) groups is 2. The minimum atomic E-state index is -0.107. The van der Waals surface area contributed by atoms with Crippen LogP contribution in [0.2, 0.25) is 0 Å². The highest BCUT2D eigenvalue weighted by Crippen LogP contribution is 2.43. The van der Waals surface area contributed by atoms with Gasteiger partial charge in [-0.15, -0.1) is 0 Å². The monoisotopic (exact) mass is 314 g/mol. The van der Waals surface area contributed by atoms with Gasteiger partial charge in [-0.1, -0.05) is 32.0 Å². The Balaban J connectivity index is 1.64. The number of hydrogen-bond donors (Lipinski definition) is 0. The van der Waals surface area contributed by atoms with E-state index in [1.54, 1.807) is 0 Å². The molecule has 124 valence electrons. The fraction of sp³-hybridized carbons (Fsp3) is 0.579. The summed E-state index contributed by atoms with van der Waals surface area (Å²) in [4.78, 5) is 29.2. The number of fused-ring (bicyclic) bond motifs is 1. The second-order valence-electron chi connectivity index (χ2n) is 6.64. The minimum Gasteiger partial charge on any atom is -0.342 e. The van der Waals surface area contributed by atoms with E-state index in [0.717, 1.165) is 51.0 Å². The summed E-state index contributed by atoms with van der Waals surface area (Å²) in [6.07, 6.45) is 3.58. The van der Waals surface area contributed by atoms with Crippen LogP contribution in [0.3, 0.4) is 0 Å². The first-order valence-electron chi connectivity index (χ1n) is 8.85. The normalized spacial score (nSPS) is 21.9. The van der Waals surface area contributed by atoms with Crippen molar-refractivity contribution in [2.75, 3.05) is 24.5 Å². The van der Waals surface area contributed by atoms with E-state index in [2.05, 4.69) is 19.9 Å². The molecule has 4 nitrogen and oxygen atoms in total. The first-order chi connectivity index (χ1) is 11.2. The maximum absolute atomic E-state index is 12.8. The quantitative estimate of drug-likeness (QED) is 0.810. The van der Waals surface area contributed by atoms with Gasteiger partial charge in [0.15, 0.2) is 0 Å². The molecule has 3 rings (SSSR count). The van der Waals surface area contributed by atoms with Crippen molar-refractivity contribution in [3.63, 3.8) is 0 Å². The van der Waals surface area contributed by atoms with Crippen LogP contribution in [-0.4, -0.2) is 36.3 Å². The highest BCUT2D eigenvalue weighted by molar-refractivity contribution is 6.02. The Morgan fingerprint density at radius 2 is 1.83 bits per heavy atom. The topological polar surface area (TPSA) is 40.6 Å². The van der Waals surface area contributed by atoms with Crippen LogP contribution in [0, 0.1) is 11.8 Å². The first kappa shape index (κ1) is 16.0. The highest BCUT2D eigenvalue weighted by Gasteiger charge is 2.51. The molecule has 1 aromatic rings. The zero-order valence-corrected chi connectivity index (χ0v) is 14.1. The zero-order valence-electron chi connectivity index (χ0n) is 14.1. The third-order valence-corrected chi connectivity index (χ3v) is 4.88. The Kier molecular flexibility index (Phi) is 4.69. The molecule has 2 atom stereocenters. The third-order valence-electron chi connectivity index (χ3n) is 4.88. The van der Waals surface area contributed by atoms with E-state index >= 15 is 0 Å². The molecule has 0 aromatic heterocycles. The summed E-state index contributed by atoms with van der Waals surface area (Å²) in [6, 6.07) is 8.09. The van der Waals surface area contributed by atoms with Crippen LogP contribution in [0.1, 0.15) is 38.7 Å². The lowest BCUT2D eigenvalue weighted by Gasteiger charge is -2.22. The van der Waals surface area contributed by atoms with Gasteiger partial charge < -0.3 is 9.80 Å². The summed E-state index contributed by atoms with van der Waals surface area (Å²) in [6.45, 7) is 6.54. The SMILES string of the molecule is CCCN(CCC)C(=O)C1CC1C(=O)N1CCc2ccccc21. The number of para-hydroxylation sites is 1. The van der Waals surface area contributed by atoms with Crippen molar-refractivity contribution < 1.29 is 9.59 Å². The smallest absolute Gasteiger partial charge is 0.230 e. The Morgan fingerprint density at radius 1 is 1.13 bits per heavy atom. The van der Waals surface area contributed by atoms with E-state index in [0.29, 0.717) is 0 Å². The lowest BCUT2D eigenvalue weighted by molar-refractivity contribution is -0.134. The Bertz CT molecular complexity index is 593. The van der Waals surface area contributed by atoms with Gasteiger partial charge in [0.2, 0.25) is 11.8 Å². The van der Waals surface area contributed by atoms with Gasteiger partial charge in [0.25, 0.3) is 0 Å². The number of carbonyl (C=O) groups excluding carboxylic acids is 2. The molecule has 1 aromatic carbocycles. The van der Waals surface area contributed by atoms with Gasteiger partial charge in [-0.3, -0.25) is 9.59 Å². The van der Waals surface area contributed by atoms with E-state index in [1.165, 1.54) is 5.56 Å². The summed E-state index contributed by atoms with van der Waals surface area (Å²) in [5.74, 6) is 0.124. The first-order valence-corrected chi connectivity index (χ1v) is 8.85. The van der Waals surface area contributed by atoms with Crippen LogP contribution in [-0.2, 0) is 16.0 Å². The predicted octanol–water partition coefficient (Wildman–Crippen LogP) is 2.86. The van der Waals surface area contributed by atoms with Gasteiger partial charge >= 0.3 is 0 Å². The van der Waals surface area contributed by atoms with Crippen LogP contribution < -0.4 is 4.90 Å². The van der Waals surface area contributed by atoms with Crippen molar-refractivity contribution >= 4 is 17.5 Å². The number of anilines is 1. The molecular formula is C19H26N2O2. The van der Waals surface area contributed by atoms with Crippen molar-refractivity contribution in [1.29, 1.82) is 0 Å². The summed E-state index contributed by atoms with van der Waals surface area (Å²) >= 11 is 0. The summed E-state index contributed by atoms with van der Waals surface area (Å²) in [7, 11) is 0. The molecule has 0 saturated heterocycles. The van der Waals surface area contributed by atoms with Gasteiger partial charge in [0.05, 0.1) is 11.8 Å². The number of nitrogens with zero attached hydrogens (tertiary/aromatic N) is 2. The molecular weight excluding hydrogens is 288 g/mol. The number of amides is 2. The van der Waals surface area contributed by atoms with Gasteiger partial charge in [0, 0.05) is 25.3 Å². The average molecular weight is 314 g/mol. The molecule has 23 heavy (non-hydrogen) atoms. The molecule has 0 N–H and O–H groups in total. The third kappa shape index (κ3) is 3.12.